The highest BCUT2D eigenvalue weighted by Gasteiger charge is 2.23. The number of benzene rings is 1. The van der Waals surface area contributed by atoms with Crippen molar-refractivity contribution in [3.63, 3.8) is 0 Å². The third-order valence-electron chi connectivity index (χ3n) is 4.28. The second kappa shape index (κ2) is 8.80. The molecule has 1 saturated heterocycles. The summed E-state index contributed by atoms with van der Waals surface area (Å²) in [4.78, 5) is 16.4. The van der Waals surface area contributed by atoms with Crippen LogP contribution < -0.4 is 0 Å². The number of aliphatic hydroxyl groups excluding tert-OH is 1. The van der Waals surface area contributed by atoms with Crippen LogP contribution in [0.25, 0.3) is 0 Å². The van der Waals surface area contributed by atoms with Crippen molar-refractivity contribution in [2.45, 2.75) is 12.7 Å². The van der Waals surface area contributed by atoms with E-state index >= 15 is 0 Å². The molecule has 2 heterocycles. The smallest absolute Gasteiger partial charge is 0.253 e. The third-order valence-corrected chi connectivity index (χ3v) is 4.28. The number of hydrogen-bond donors (Lipinski definition) is 1. The van der Waals surface area contributed by atoms with Gasteiger partial charge in [-0.2, -0.15) is 0 Å². The number of amides is 1. The van der Waals surface area contributed by atoms with Crippen LogP contribution in [0.5, 0.6) is 0 Å². The first-order valence-electron chi connectivity index (χ1n) is 8.57. The Morgan fingerprint density at radius 1 is 1.12 bits per heavy atom. The molecular formula is C19H24N2O4. The van der Waals surface area contributed by atoms with E-state index in [1.807, 2.05) is 47.4 Å². The summed E-state index contributed by atoms with van der Waals surface area (Å²) < 4.78 is 10.6. The van der Waals surface area contributed by atoms with E-state index in [-0.39, 0.29) is 12.5 Å². The number of nitrogens with zero attached hydrogens (tertiary/aromatic N) is 2. The molecule has 0 saturated carbocycles. The molecule has 1 atom stereocenters. The molecule has 6 heteroatoms. The van der Waals surface area contributed by atoms with Gasteiger partial charge in [-0.3, -0.25) is 9.69 Å². The van der Waals surface area contributed by atoms with Gasteiger partial charge in [-0.25, -0.2) is 0 Å². The molecule has 1 aliphatic heterocycles. The Balaban J connectivity index is 1.36. The number of aliphatic hydroxyl groups is 1. The highest BCUT2D eigenvalue weighted by molar-refractivity contribution is 5.94. The first kappa shape index (κ1) is 17.7. The molecule has 0 radical (unpaired) electrons. The van der Waals surface area contributed by atoms with Crippen molar-refractivity contribution in [1.82, 2.24) is 9.80 Å². The summed E-state index contributed by atoms with van der Waals surface area (Å²) in [6.07, 6.45) is 1.05. The Bertz CT molecular complexity index is 637. The zero-order valence-electron chi connectivity index (χ0n) is 14.2. The van der Waals surface area contributed by atoms with Crippen LogP contribution in [-0.4, -0.2) is 66.2 Å². The summed E-state index contributed by atoms with van der Waals surface area (Å²) in [6.45, 7) is 4.04. The summed E-state index contributed by atoms with van der Waals surface area (Å²) in [5.74, 6) is 0.822. The topological polar surface area (TPSA) is 66.2 Å². The van der Waals surface area contributed by atoms with Crippen LogP contribution in [0.2, 0.25) is 0 Å². The maximum atomic E-state index is 12.4. The van der Waals surface area contributed by atoms with Crippen LogP contribution >= 0.6 is 0 Å². The molecule has 1 aromatic heterocycles. The number of carbonyl (C=O) groups is 1. The minimum absolute atomic E-state index is 0.0718. The van der Waals surface area contributed by atoms with Gasteiger partial charge in [0.15, 0.2) is 0 Å². The molecule has 1 aliphatic rings. The number of β-amino-alcohol motifs (C(OH)–C–C–N with tert-alkyl or cyclic N) is 1. The molecule has 1 aromatic carbocycles. The van der Waals surface area contributed by atoms with E-state index in [0.29, 0.717) is 26.2 Å². The molecule has 3 rings (SSSR count). The van der Waals surface area contributed by atoms with Crippen molar-refractivity contribution in [1.29, 1.82) is 0 Å². The molecule has 1 amide bonds. The van der Waals surface area contributed by atoms with Gasteiger partial charge in [-0.05, 0) is 24.3 Å². The number of ether oxygens (including phenoxy) is 1. The van der Waals surface area contributed by atoms with Crippen LogP contribution in [-0.2, 0) is 11.3 Å². The Morgan fingerprint density at radius 3 is 2.56 bits per heavy atom. The molecule has 6 nitrogen and oxygen atoms in total. The highest BCUT2D eigenvalue weighted by Crippen LogP contribution is 2.09. The van der Waals surface area contributed by atoms with Crippen molar-refractivity contribution in [3.8, 4) is 0 Å². The minimum Gasteiger partial charge on any atom is -0.467 e. The summed E-state index contributed by atoms with van der Waals surface area (Å²) >= 11 is 0. The fourth-order valence-electron chi connectivity index (χ4n) is 2.94. The first-order valence-corrected chi connectivity index (χ1v) is 8.57. The van der Waals surface area contributed by atoms with Crippen LogP contribution in [0.3, 0.4) is 0 Å². The molecule has 25 heavy (non-hydrogen) atoms. The number of rotatable bonds is 7. The Hall–Kier alpha value is -2.15. The Labute approximate surface area is 147 Å². The van der Waals surface area contributed by atoms with Crippen molar-refractivity contribution in [2.24, 2.45) is 0 Å². The fourth-order valence-corrected chi connectivity index (χ4v) is 2.94. The second-order valence-corrected chi connectivity index (χ2v) is 6.21. The van der Waals surface area contributed by atoms with Gasteiger partial charge in [-0.15, -0.1) is 0 Å². The van der Waals surface area contributed by atoms with Gasteiger partial charge in [0.05, 0.1) is 19.0 Å². The van der Waals surface area contributed by atoms with Crippen molar-refractivity contribution >= 4 is 5.91 Å². The van der Waals surface area contributed by atoms with Gasteiger partial charge in [0.1, 0.15) is 12.4 Å². The monoisotopic (exact) mass is 344 g/mol. The van der Waals surface area contributed by atoms with Crippen molar-refractivity contribution in [2.75, 3.05) is 39.3 Å². The summed E-state index contributed by atoms with van der Waals surface area (Å²) in [5.41, 5.74) is 0.724. The maximum Gasteiger partial charge on any atom is 0.253 e. The van der Waals surface area contributed by atoms with E-state index in [1.54, 1.807) is 6.26 Å². The van der Waals surface area contributed by atoms with E-state index in [0.717, 1.165) is 24.4 Å². The predicted octanol–water partition coefficient (Wildman–Crippen LogP) is 1.62. The number of hydrogen-bond acceptors (Lipinski definition) is 5. The van der Waals surface area contributed by atoms with Crippen molar-refractivity contribution < 1.29 is 19.1 Å². The molecule has 0 spiro atoms. The van der Waals surface area contributed by atoms with Crippen LogP contribution in [0.1, 0.15) is 16.1 Å². The zero-order chi connectivity index (χ0) is 17.5. The average Bonchev–Trinajstić information content (AvgIpc) is 3.16. The number of piperazine rings is 1. The van der Waals surface area contributed by atoms with Gasteiger partial charge < -0.3 is 19.2 Å². The highest BCUT2D eigenvalue weighted by atomic mass is 16.5. The van der Waals surface area contributed by atoms with Crippen LogP contribution in [0, 0.1) is 0 Å². The molecule has 1 fully saturated rings. The Kier molecular flexibility index (Phi) is 6.22. The standard InChI is InChI=1S/C19H24N2O4/c22-17(14-24-15-18-7-4-12-25-18)13-20-8-10-21(11-9-20)19(23)16-5-2-1-3-6-16/h1-7,12,17,22H,8-11,13-15H2/t17-/m1/s1. The first-order chi connectivity index (χ1) is 12.2. The van der Waals surface area contributed by atoms with Gasteiger partial charge in [0, 0.05) is 38.3 Å². The minimum atomic E-state index is -0.550. The summed E-state index contributed by atoms with van der Waals surface area (Å²) in [5, 5.41) is 10.1. The van der Waals surface area contributed by atoms with Gasteiger partial charge in [-0.1, -0.05) is 18.2 Å². The molecule has 0 bridgehead atoms. The zero-order valence-corrected chi connectivity index (χ0v) is 14.2. The Morgan fingerprint density at radius 2 is 1.88 bits per heavy atom. The van der Waals surface area contributed by atoms with E-state index in [4.69, 9.17) is 9.15 Å². The average molecular weight is 344 g/mol. The number of furan rings is 1. The van der Waals surface area contributed by atoms with Gasteiger partial charge in [0.2, 0.25) is 0 Å². The second-order valence-electron chi connectivity index (χ2n) is 6.21. The lowest BCUT2D eigenvalue weighted by atomic mass is 10.2. The lowest BCUT2D eigenvalue weighted by molar-refractivity contribution is -0.00187. The predicted molar refractivity (Wildman–Crippen MR) is 93.2 cm³/mol. The van der Waals surface area contributed by atoms with E-state index in [9.17, 15) is 9.90 Å². The van der Waals surface area contributed by atoms with Gasteiger partial charge >= 0.3 is 0 Å². The maximum absolute atomic E-state index is 12.4. The van der Waals surface area contributed by atoms with Crippen LogP contribution in [0.4, 0.5) is 0 Å². The summed E-state index contributed by atoms with van der Waals surface area (Å²) in [7, 11) is 0. The largest absolute Gasteiger partial charge is 0.467 e. The quantitative estimate of drug-likeness (QED) is 0.827. The van der Waals surface area contributed by atoms with E-state index in [1.165, 1.54) is 0 Å². The fraction of sp³-hybridized carbons (Fsp3) is 0.421. The molecular weight excluding hydrogens is 320 g/mol. The lowest BCUT2D eigenvalue weighted by Gasteiger charge is -2.35. The summed E-state index contributed by atoms with van der Waals surface area (Å²) in [6, 6.07) is 13.0. The van der Waals surface area contributed by atoms with E-state index in [2.05, 4.69) is 4.90 Å². The molecule has 2 aromatic rings. The molecule has 1 N–H and O–H groups in total. The van der Waals surface area contributed by atoms with Crippen LogP contribution in [0.15, 0.2) is 53.1 Å². The molecule has 0 aliphatic carbocycles. The molecule has 134 valence electrons. The SMILES string of the molecule is O=C(c1ccccc1)N1CCN(C[C@@H](O)COCc2ccco2)CC1. The van der Waals surface area contributed by atoms with Crippen molar-refractivity contribution in [3.05, 3.63) is 60.1 Å². The van der Waals surface area contributed by atoms with E-state index < -0.39 is 6.10 Å². The normalized spacial score (nSPS) is 16.8. The number of carbonyl (C=O) groups excluding carboxylic acids is 1. The third kappa shape index (κ3) is 5.16. The van der Waals surface area contributed by atoms with Gasteiger partial charge in [0.25, 0.3) is 5.91 Å². The lowest BCUT2D eigenvalue weighted by Crippen LogP contribution is -2.50. The molecule has 0 unspecified atom stereocenters.